The quantitative estimate of drug-likeness (QED) is 0.732. The Labute approximate surface area is 124 Å². The second-order valence-electron chi connectivity index (χ2n) is 5.48. The van der Waals surface area contributed by atoms with Gasteiger partial charge < -0.3 is 5.32 Å². The lowest BCUT2D eigenvalue weighted by Crippen LogP contribution is -2.20. The van der Waals surface area contributed by atoms with Gasteiger partial charge in [-0.2, -0.15) is 0 Å². The van der Waals surface area contributed by atoms with Crippen molar-refractivity contribution in [2.75, 3.05) is 7.05 Å². The minimum absolute atomic E-state index is 0.323. The van der Waals surface area contributed by atoms with Crippen LogP contribution >= 0.6 is 27.5 Å². The lowest BCUT2D eigenvalue weighted by atomic mass is 9.90. The highest BCUT2D eigenvalue weighted by Crippen LogP contribution is 2.31. The standard InChI is InChI=1S/C15H23BrClN/c1-10(2)7-11(3)8-15(18-4)13-9-12(16)5-6-14(13)17/h5-6,9-11,15,18H,7-8H2,1-4H3. The average molecular weight is 333 g/mol. The summed E-state index contributed by atoms with van der Waals surface area (Å²) in [6, 6.07) is 6.38. The summed E-state index contributed by atoms with van der Waals surface area (Å²) in [5.41, 5.74) is 1.18. The maximum absolute atomic E-state index is 6.30. The largest absolute Gasteiger partial charge is 0.313 e. The molecule has 1 nitrogen and oxygen atoms in total. The van der Waals surface area contributed by atoms with Crippen LogP contribution in [0.2, 0.25) is 5.02 Å². The van der Waals surface area contributed by atoms with Crippen molar-refractivity contribution in [2.45, 2.75) is 39.7 Å². The van der Waals surface area contributed by atoms with Crippen LogP contribution in [-0.4, -0.2) is 7.05 Å². The molecule has 0 spiro atoms. The molecule has 1 N–H and O–H groups in total. The van der Waals surface area contributed by atoms with Gasteiger partial charge in [0, 0.05) is 15.5 Å². The van der Waals surface area contributed by atoms with Crippen molar-refractivity contribution in [2.24, 2.45) is 11.8 Å². The zero-order valence-corrected chi connectivity index (χ0v) is 14.0. The van der Waals surface area contributed by atoms with E-state index in [4.69, 9.17) is 11.6 Å². The summed E-state index contributed by atoms with van der Waals surface area (Å²) < 4.78 is 1.08. The Morgan fingerprint density at radius 2 is 1.89 bits per heavy atom. The van der Waals surface area contributed by atoms with Gasteiger partial charge in [0.25, 0.3) is 0 Å². The molecule has 0 amide bonds. The number of hydrogen-bond acceptors (Lipinski definition) is 1. The molecule has 0 saturated heterocycles. The first-order valence-electron chi connectivity index (χ1n) is 6.56. The fourth-order valence-corrected chi connectivity index (χ4v) is 3.11. The molecule has 0 radical (unpaired) electrons. The minimum Gasteiger partial charge on any atom is -0.313 e. The van der Waals surface area contributed by atoms with Crippen LogP contribution in [0, 0.1) is 11.8 Å². The van der Waals surface area contributed by atoms with E-state index in [1.54, 1.807) is 0 Å². The summed E-state index contributed by atoms with van der Waals surface area (Å²) in [5, 5.41) is 4.23. The van der Waals surface area contributed by atoms with E-state index in [2.05, 4.69) is 48.1 Å². The van der Waals surface area contributed by atoms with Gasteiger partial charge in [-0.25, -0.2) is 0 Å². The molecule has 18 heavy (non-hydrogen) atoms. The Kier molecular flexibility index (Phi) is 6.68. The van der Waals surface area contributed by atoms with E-state index < -0.39 is 0 Å². The van der Waals surface area contributed by atoms with Crippen molar-refractivity contribution in [1.29, 1.82) is 0 Å². The predicted octanol–water partition coefficient (Wildman–Crippen LogP) is 5.44. The van der Waals surface area contributed by atoms with Crippen LogP contribution in [0.15, 0.2) is 22.7 Å². The molecule has 3 heteroatoms. The molecule has 0 aliphatic rings. The Balaban J connectivity index is 2.79. The fraction of sp³-hybridized carbons (Fsp3) is 0.600. The lowest BCUT2D eigenvalue weighted by Gasteiger charge is -2.23. The number of rotatable bonds is 6. The van der Waals surface area contributed by atoms with Crippen molar-refractivity contribution < 1.29 is 0 Å². The van der Waals surface area contributed by atoms with Crippen molar-refractivity contribution in [3.05, 3.63) is 33.3 Å². The summed E-state index contributed by atoms with van der Waals surface area (Å²) in [4.78, 5) is 0. The Morgan fingerprint density at radius 1 is 1.22 bits per heavy atom. The molecular formula is C15H23BrClN. The SMILES string of the molecule is CNC(CC(C)CC(C)C)c1cc(Br)ccc1Cl. The van der Waals surface area contributed by atoms with Gasteiger partial charge in [0.15, 0.2) is 0 Å². The molecule has 1 rings (SSSR count). The monoisotopic (exact) mass is 331 g/mol. The topological polar surface area (TPSA) is 12.0 Å². The van der Waals surface area contributed by atoms with Gasteiger partial charge in [-0.05, 0) is 55.5 Å². The Hall–Kier alpha value is -0.0500. The van der Waals surface area contributed by atoms with Crippen LogP contribution in [0.1, 0.15) is 45.2 Å². The highest BCUT2D eigenvalue weighted by atomic mass is 79.9. The van der Waals surface area contributed by atoms with Crippen molar-refractivity contribution in [3.8, 4) is 0 Å². The van der Waals surface area contributed by atoms with E-state index in [-0.39, 0.29) is 0 Å². The normalized spacial score (nSPS) is 14.8. The van der Waals surface area contributed by atoms with Gasteiger partial charge in [-0.1, -0.05) is 48.3 Å². The first kappa shape index (κ1) is 16.0. The number of halogens is 2. The third-order valence-corrected chi connectivity index (χ3v) is 4.03. The summed E-state index contributed by atoms with van der Waals surface area (Å²) in [5.74, 6) is 1.44. The Morgan fingerprint density at radius 3 is 2.44 bits per heavy atom. The molecule has 102 valence electrons. The van der Waals surface area contributed by atoms with Crippen LogP contribution in [0.4, 0.5) is 0 Å². The molecular weight excluding hydrogens is 310 g/mol. The van der Waals surface area contributed by atoms with Gasteiger partial charge in [0.1, 0.15) is 0 Å². The molecule has 1 aromatic rings. The Bertz CT molecular complexity index is 379. The van der Waals surface area contributed by atoms with E-state index in [9.17, 15) is 0 Å². The van der Waals surface area contributed by atoms with Crippen LogP contribution < -0.4 is 5.32 Å². The van der Waals surface area contributed by atoms with Crippen molar-refractivity contribution in [1.82, 2.24) is 5.32 Å². The lowest BCUT2D eigenvalue weighted by molar-refractivity contribution is 0.366. The van der Waals surface area contributed by atoms with E-state index in [0.29, 0.717) is 12.0 Å². The maximum Gasteiger partial charge on any atom is 0.0454 e. The van der Waals surface area contributed by atoms with Crippen LogP contribution in [0.3, 0.4) is 0 Å². The molecule has 0 aliphatic carbocycles. The van der Waals surface area contributed by atoms with Crippen LogP contribution in [0.5, 0.6) is 0 Å². The smallest absolute Gasteiger partial charge is 0.0454 e. The molecule has 0 fully saturated rings. The van der Waals surface area contributed by atoms with E-state index in [1.807, 2.05) is 19.2 Å². The summed E-state index contributed by atoms with van der Waals surface area (Å²) in [7, 11) is 2.00. The maximum atomic E-state index is 6.30. The van der Waals surface area contributed by atoms with E-state index in [0.717, 1.165) is 21.8 Å². The highest BCUT2D eigenvalue weighted by Gasteiger charge is 2.17. The molecule has 0 heterocycles. The van der Waals surface area contributed by atoms with Gasteiger partial charge in [-0.3, -0.25) is 0 Å². The first-order chi connectivity index (χ1) is 8.43. The number of benzene rings is 1. The first-order valence-corrected chi connectivity index (χ1v) is 7.73. The third-order valence-electron chi connectivity index (χ3n) is 3.19. The molecule has 2 unspecified atom stereocenters. The molecule has 2 atom stereocenters. The average Bonchev–Trinajstić information content (AvgIpc) is 2.28. The minimum atomic E-state index is 0.323. The van der Waals surface area contributed by atoms with Crippen molar-refractivity contribution >= 4 is 27.5 Å². The van der Waals surface area contributed by atoms with Gasteiger partial charge >= 0.3 is 0 Å². The molecule has 0 saturated carbocycles. The summed E-state index contributed by atoms with van der Waals surface area (Å²) >= 11 is 9.81. The summed E-state index contributed by atoms with van der Waals surface area (Å²) in [6.07, 6.45) is 2.37. The zero-order valence-electron chi connectivity index (χ0n) is 11.6. The summed E-state index contributed by atoms with van der Waals surface area (Å²) in [6.45, 7) is 6.87. The second kappa shape index (κ2) is 7.52. The van der Waals surface area contributed by atoms with Crippen LogP contribution in [-0.2, 0) is 0 Å². The molecule has 0 aliphatic heterocycles. The molecule has 1 aromatic carbocycles. The van der Waals surface area contributed by atoms with E-state index >= 15 is 0 Å². The van der Waals surface area contributed by atoms with Crippen LogP contribution in [0.25, 0.3) is 0 Å². The second-order valence-corrected chi connectivity index (χ2v) is 6.80. The van der Waals surface area contributed by atoms with Gasteiger partial charge in [0.05, 0.1) is 0 Å². The van der Waals surface area contributed by atoms with E-state index in [1.165, 1.54) is 12.0 Å². The third kappa shape index (κ3) is 4.91. The van der Waals surface area contributed by atoms with Gasteiger partial charge in [0.2, 0.25) is 0 Å². The molecule has 0 aromatic heterocycles. The fourth-order valence-electron chi connectivity index (χ4n) is 2.49. The molecule has 0 bridgehead atoms. The van der Waals surface area contributed by atoms with Crippen molar-refractivity contribution in [3.63, 3.8) is 0 Å². The zero-order chi connectivity index (χ0) is 13.7. The number of nitrogens with one attached hydrogen (secondary N) is 1. The van der Waals surface area contributed by atoms with Gasteiger partial charge in [-0.15, -0.1) is 0 Å². The highest BCUT2D eigenvalue weighted by molar-refractivity contribution is 9.10. The predicted molar refractivity (Wildman–Crippen MR) is 84.2 cm³/mol. The number of hydrogen-bond donors (Lipinski definition) is 1.